The molecule has 0 saturated carbocycles. The van der Waals surface area contributed by atoms with E-state index in [1.165, 1.54) is 12.8 Å². The first kappa shape index (κ1) is 47.8. The summed E-state index contributed by atoms with van der Waals surface area (Å²) < 4.78 is 5.65. The third-order valence-corrected chi connectivity index (χ3v) is 4.91. The minimum atomic E-state index is 0. The molecule has 0 N–H and O–H groups in total. The highest BCUT2D eigenvalue weighted by Crippen LogP contribution is 2.46. The fourth-order valence-electron chi connectivity index (χ4n) is 2.68. The van der Waals surface area contributed by atoms with Crippen molar-refractivity contribution in [3.05, 3.63) is 12.2 Å². The topological polar surface area (TPSA) is 12.5 Å². The van der Waals surface area contributed by atoms with E-state index in [0.717, 1.165) is 0 Å². The summed E-state index contributed by atoms with van der Waals surface area (Å²) in [6.45, 7) is 40.6. The summed E-state index contributed by atoms with van der Waals surface area (Å²) >= 11 is 0. The van der Waals surface area contributed by atoms with Crippen molar-refractivity contribution in [2.24, 2.45) is 32.5 Å². The number of allylic oxidation sites excluding steroid dienone is 2. The minimum absolute atomic E-state index is 0. The molecule has 1 nitrogen and oxygen atoms in total. The van der Waals surface area contributed by atoms with E-state index in [-0.39, 0.29) is 29.7 Å². The standard InChI is InChI=1S/C10H20O.C10H22.C10H20.4CH4/c1-9(2,3)7-8(11-7)10(4,5)6;2*1-9(2,3)7-8-10(4,5)6;;;;/h7-8H,1-6H3;7-8H2,1-6H3;7-8H,1-6H3;4*1H4/b;;8-7-;;;;. The Morgan fingerprint density at radius 2 is 0.629 bits per heavy atom. The van der Waals surface area contributed by atoms with Crippen LogP contribution >= 0.6 is 0 Å². The quantitative estimate of drug-likeness (QED) is 0.256. The van der Waals surface area contributed by atoms with Crippen molar-refractivity contribution < 1.29 is 4.74 Å². The second kappa shape index (κ2) is 16.5. The van der Waals surface area contributed by atoms with Gasteiger partial charge >= 0.3 is 0 Å². The summed E-state index contributed by atoms with van der Waals surface area (Å²) in [5.41, 5.74) is 2.30. The lowest BCUT2D eigenvalue weighted by atomic mass is 9.81. The van der Waals surface area contributed by atoms with Crippen molar-refractivity contribution >= 4 is 0 Å². The maximum atomic E-state index is 5.65. The maximum absolute atomic E-state index is 5.65. The van der Waals surface area contributed by atoms with Crippen LogP contribution in [-0.2, 0) is 4.74 Å². The van der Waals surface area contributed by atoms with E-state index in [4.69, 9.17) is 4.74 Å². The molecular formula is C34H78O. The molecule has 0 radical (unpaired) electrons. The van der Waals surface area contributed by atoms with Crippen LogP contribution in [0.4, 0.5) is 0 Å². The monoisotopic (exact) mass is 503 g/mol. The fraction of sp³-hybridized carbons (Fsp3) is 0.941. The summed E-state index contributed by atoms with van der Waals surface area (Å²) in [5, 5.41) is 0. The zero-order valence-electron chi connectivity index (χ0n) is 25.1. The highest BCUT2D eigenvalue weighted by atomic mass is 16.6. The van der Waals surface area contributed by atoms with Crippen LogP contribution in [0.15, 0.2) is 12.2 Å². The molecular weight excluding hydrogens is 424 g/mol. The molecule has 1 rings (SSSR count). The smallest absolute Gasteiger partial charge is 0.0895 e. The average Bonchev–Trinajstić information content (AvgIpc) is 3.22. The molecule has 0 aromatic rings. The minimum Gasteiger partial charge on any atom is -0.368 e. The van der Waals surface area contributed by atoms with Crippen LogP contribution in [0.2, 0.25) is 0 Å². The Morgan fingerprint density at radius 1 is 0.429 bits per heavy atom. The van der Waals surface area contributed by atoms with E-state index < -0.39 is 0 Å². The van der Waals surface area contributed by atoms with E-state index >= 15 is 0 Å². The molecule has 35 heavy (non-hydrogen) atoms. The van der Waals surface area contributed by atoms with Crippen LogP contribution in [0.3, 0.4) is 0 Å². The first-order valence-corrected chi connectivity index (χ1v) is 12.5. The van der Waals surface area contributed by atoms with Gasteiger partial charge in [0.25, 0.3) is 0 Å². The second-order valence-electron chi connectivity index (χ2n) is 16.4. The van der Waals surface area contributed by atoms with Gasteiger partial charge in [0.1, 0.15) is 0 Å². The number of hydrogen-bond acceptors (Lipinski definition) is 1. The van der Waals surface area contributed by atoms with Crippen molar-refractivity contribution in [3.8, 4) is 0 Å². The Balaban J connectivity index is -0.0000000854. The van der Waals surface area contributed by atoms with Crippen molar-refractivity contribution in [1.29, 1.82) is 0 Å². The van der Waals surface area contributed by atoms with Gasteiger partial charge in [0, 0.05) is 0 Å². The molecule has 1 heterocycles. The summed E-state index contributed by atoms with van der Waals surface area (Å²) in [6, 6.07) is 0. The highest BCUT2D eigenvalue weighted by Gasteiger charge is 2.52. The van der Waals surface area contributed by atoms with Crippen molar-refractivity contribution in [2.75, 3.05) is 0 Å². The Morgan fingerprint density at radius 3 is 0.714 bits per heavy atom. The molecule has 1 aliphatic rings. The summed E-state index contributed by atoms with van der Waals surface area (Å²) in [4.78, 5) is 0. The third-order valence-electron chi connectivity index (χ3n) is 4.91. The normalized spacial score (nSPS) is 18.2. The number of hydrogen-bond donors (Lipinski definition) is 0. The van der Waals surface area contributed by atoms with Crippen LogP contribution in [0, 0.1) is 32.5 Å². The second-order valence-corrected chi connectivity index (χ2v) is 16.4. The van der Waals surface area contributed by atoms with E-state index in [2.05, 4.69) is 137 Å². The average molecular weight is 503 g/mol. The number of ether oxygens (including phenoxy) is 1. The molecule has 0 aromatic carbocycles. The van der Waals surface area contributed by atoms with E-state index in [9.17, 15) is 0 Å². The van der Waals surface area contributed by atoms with E-state index in [1.807, 2.05) is 0 Å². The molecule has 2 atom stereocenters. The fourth-order valence-corrected chi connectivity index (χ4v) is 2.68. The predicted molar refractivity (Wildman–Crippen MR) is 171 cm³/mol. The van der Waals surface area contributed by atoms with Crippen molar-refractivity contribution in [2.45, 2.75) is 179 Å². The van der Waals surface area contributed by atoms with Gasteiger partial charge in [-0.1, -0.05) is 166 Å². The first-order valence-electron chi connectivity index (χ1n) is 12.5. The van der Waals surface area contributed by atoms with Crippen LogP contribution in [0.1, 0.15) is 167 Å². The van der Waals surface area contributed by atoms with Gasteiger partial charge in [-0.25, -0.2) is 0 Å². The Labute approximate surface area is 228 Å². The predicted octanol–water partition coefficient (Wildman–Crippen LogP) is 12.9. The Hall–Kier alpha value is -0.300. The first-order chi connectivity index (χ1) is 13.1. The molecule has 0 amide bonds. The van der Waals surface area contributed by atoms with Crippen LogP contribution in [0.25, 0.3) is 0 Å². The third kappa shape index (κ3) is 33.7. The SMILES string of the molecule is C.C.C.C.CC(C)(C)/C=C\C(C)(C)C.CC(C)(C)C1OC1C(C)(C)C.CC(C)(C)CCC(C)(C)C. The Kier molecular flexibility index (Phi) is 22.6. The molecule has 220 valence electrons. The van der Waals surface area contributed by atoms with Gasteiger partial charge in [0.15, 0.2) is 0 Å². The number of epoxide rings is 1. The zero-order valence-corrected chi connectivity index (χ0v) is 25.1. The molecule has 1 saturated heterocycles. The van der Waals surface area contributed by atoms with Crippen molar-refractivity contribution in [3.63, 3.8) is 0 Å². The van der Waals surface area contributed by atoms with Gasteiger partial charge in [-0.3, -0.25) is 0 Å². The molecule has 0 aromatic heterocycles. The van der Waals surface area contributed by atoms with Crippen LogP contribution in [-0.4, -0.2) is 12.2 Å². The van der Waals surface area contributed by atoms with Gasteiger partial charge in [-0.05, 0) is 45.3 Å². The molecule has 2 unspecified atom stereocenters. The van der Waals surface area contributed by atoms with Crippen LogP contribution in [0.5, 0.6) is 0 Å². The highest BCUT2D eigenvalue weighted by molar-refractivity contribution is 5.00. The van der Waals surface area contributed by atoms with E-state index in [1.54, 1.807) is 0 Å². The zero-order chi connectivity index (χ0) is 25.7. The largest absolute Gasteiger partial charge is 0.368 e. The van der Waals surface area contributed by atoms with Crippen LogP contribution < -0.4 is 0 Å². The molecule has 0 bridgehead atoms. The maximum Gasteiger partial charge on any atom is 0.0895 e. The molecule has 1 fully saturated rings. The molecule has 0 aliphatic carbocycles. The summed E-state index contributed by atoms with van der Waals surface area (Å²) in [5.74, 6) is 0. The van der Waals surface area contributed by atoms with Crippen molar-refractivity contribution in [1.82, 2.24) is 0 Å². The number of rotatable bonds is 1. The van der Waals surface area contributed by atoms with Gasteiger partial charge in [-0.2, -0.15) is 0 Å². The summed E-state index contributed by atoms with van der Waals surface area (Å²) in [7, 11) is 0. The van der Waals surface area contributed by atoms with E-state index in [0.29, 0.717) is 44.7 Å². The molecule has 1 heteroatoms. The lowest BCUT2D eigenvalue weighted by Gasteiger charge is -2.24. The Bertz CT molecular complexity index is 462. The lowest BCUT2D eigenvalue weighted by Crippen LogP contribution is -2.23. The van der Waals surface area contributed by atoms with Gasteiger partial charge in [0.05, 0.1) is 12.2 Å². The van der Waals surface area contributed by atoms with Gasteiger partial charge in [0.2, 0.25) is 0 Å². The molecule has 1 aliphatic heterocycles. The molecule has 0 spiro atoms. The van der Waals surface area contributed by atoms with Gasteiger partial charge in [-0.15, -0.1) is 0 Å². The summed E-state index contributed by atoms with van der Waals surface area (Å²) in [6.07, 6.45) is 8.15. The van der Waals surface area contributed by atoms with Gasteiger partial charge < -0.3 is 4.74 Å². The lowest BCUT2D eigenvalue weighted by molar-refractivity contribution is 0.236.